The molecule has 1 unspecified atom stereocenters. The highest BCUT2D eigenvalue weighted by Crippen LogP contribution is 2.60. The van der Waals surface area contributed by atoms with Gasteiger partial charge in [0, 0.05) is 11.4 Å². The van der Waals surface area contributed by atoms with Crippen molar-refractivity contribution in [2.75, 3.05) is 6.61 Å². The third-order valence-electron chi connectivity index (χ3n) is 3.43. The molecule has 1 aromatic carbocycles. The highest BCUT2D eigenvalue weighted by molar-refractivity contribution is 9.10. The molecule has 0 aromatic heterocycles. The normalized spacial score (nSPS) is 31.3. The Morgan fingerprint density at radius 2 is 2.00 bits per heavy atom. The fourth-order valence-electron chi connectivity index (χ4n) is 2.12. The smallest absolute Gasteiger partial charge is 0.111 e. The highest BCUT2D eigenvalue weighted by Gasteiger charge is 2.66. The number of benzene rings is 1. The van der Waals surface area contributed by atoms with E-state index in [9.17, 15) is 0 Å². The number of ether oxygens (including phenoxy) is 1. The average Bonchev–Trinajstić information content (AvgIpc) is 3.08. The Morgan fingerprint density at radius 3 is 2.53 bits per heavy atom. The first kappa shape index (κ1) is 10.1. The van der Waals surface area contributed by atoms with Crippen molar-refractivity contribution in [1.29, 1.82) is 0 Å². The van der Waals surface area contributed by atoms with Gasteiger partial charge in [0.05, 0.1) is 10.9 Å². The van der Waals surface area contributed by atoms with E-state index in [0.717, 1.165) is 18.1 Å². The van der Waals surface area contributed by atoms with Gasteiger partial charge in [0.2, 0.25) is 0 Å². The maximum absolute atomic E-state index is 6.16. The van der Waals surface area contributed by atoms with E-state index >= 15 is 0 Å². The summed E-state index contributed by atoms with van der Waals surface area (Å²) in [6, 6.07) is 8.03. The Balaban J connectivity index is 1.84. The van der Waals surface area contributed by atoms with Crippen LogP contribution in [0.1, 0.15) is 18.4 Å². The first-order chi connectivity index (χ1) is 7.15. The number of hydrogen-bond donors (Lipinski definition) is 0. The van der Waals surface area contributed by atoms with Crippen LogP contribution in [0.25, 0.3) is 0 Å². The van der Waals surface area contributed by atoms with Crippen LogP contribution in [0.15, 0.2) is 24.3 Å². The number of epoxide rings is 1. The van der Waals surface area contributed by atoms with E-state index in [-0.39, 0.29) is 9.93 Å². The number of hydrogen-bond acceptors (Lipinski definition) is 1. The van der Waals surface area contributed by atoms with Gasteiger partial charge in [-0.15, -0.1) is 0 Å². The van der Waals surface area contributed by atoms with E-state index in [1.54, 1.807) is 0 Å². The first-order valence-electron chi connectivity index (χ1n) is 5.22. The summed E-state index contributed by atoms with van der Waals surface area (Å²) in [5, 5.41) is 0.851. The summed E-state index contributed by atoms with van der Waals surface area (Å²) in [5.41, 5.74) is 1.22. The molecular formula is C12H12BrClO. The van der Waals surface area contributed by atoms with Gasteiger partial charge in [-0.3, -0.25) is 0 Å². The molecular weight excluding hydrogens is 275 g/mol. The van der Waals surface area contributed by atoms with Crippen LogP contribution >= 0.6 is 27.5 Å². The van der Waals surface area contributed by atoms with Crippen molar-refractivity contribution < 1.29 is 4.74 Å². The zero-order valence-corrected chi connectivity index (χ0v) is 10.6. The van der Waals surface area contributed by atoms with Crippen LogP contribution in [-0.4, -0.2) is 16.5 Å². The van der Waals surface area contributed by atoms with E-state index in [1.165, 1.54) is 18.4 Å². The molecule has 1 heterocycles. The Bertz CT molecular complexity index is 396. The van der Waals surface area contributed by atoms with Gasteiger partial charge >= 0.3 is 0 Å². The number of halogens is 2. The Kier molecular flexibility index (Phi) is 2.17. The molecule has 1 atom stereocenters. The minimum atomic E-state index is 0.0258. The van der Waals surface area contributed by atoms with Gasteiger partial charge in [-0.25, -0.2) is 0 Å². The predicted molar refractivity (Wildman–Crippen MR) is 64.7 cm³/mol. The van der Waals surface area contributed by atoms with E-state index in [1.807, 2.05) is 18.2 Å². The molecule has 80 valence electrons. The van der Waals surface area contributed by atoms with E-state index in [0.29, 0.717) is 0 Å². The van der Waals surface area contributed by atoms with Crippen LogP contribution in [-0.2, 0) is 11.2 Å². The zero-order chi connectivity index (χ0) is 10.5. The van der Waals surface area contributed by atoms with Crippen molar-refractivity contribution in [3.05, 3.63) is 34.9 Å². The van der Waals surface area contributed by atoms with Crippen LogP contribution in [0.5, 0.6) is 0 Å². The van der Waals surface area contributed by atoms with Gasteiger partial charge in [-0.2, -0.15) is 0 Å². The first-order valence-corrected chi connectivity index (χ1v) is 6.39. The molecule has 0 N–H and O–H groups in total. The summed E-state index contributed by atoms with van der Waals surface area (Å²) < 4.78 is 5.91. The van der Waals surface area contributed by atoms with Gasteiger partial charge in [0.25, 0.3) is 0 Å². The molecule has 0 radical (unpaired) electrons. The summed E-state index contributed by atoms with van der Waals surface area (Å²) in [4.78, 5) is 0. The number of alkyl halides is 1. The minimum Gasteiger partial charge on any atom is -0.368 e. The molecule has 1 saturated carbocycles. The molecule has 1 aliphatic carbocycles. The van der Waals surface area contributed by atoms with Crippen LogP contribution in [0, 0.1) is 0 Å². The van der Waals surface area contributed by atoms with Crippen molar-refractivity contribution in [3.8, 4) is 0 Å². The zero-order valence-electron chi connectivity index (χ0n) is 8.30. The lowest BCUT2D eigenvalue weighted by atomic mass is 9.95. The summed E-state index contributed by atoms with van der Waals surface area (Å²) in [7, 11) is 0. The molecule has 0 amide bonds. The third-order valence-corrected chi connectivity index (χ3v) is 5.32. The lowest BCUT2D eigenvalue weighted by molar-refractivity contribution is 0.290. The van der Waals surface area contributed by atoms with Crippen LogP contribution in [0.4, 0.5) is 0 Å². The van der Waals surface area contributed by atoms with Crippen molar-refractivity contribution in [3.63, 3.8) is 0 Å². The second-order valence-electron chi connectivity index (χ2n) is 4.52. The minimum absolute atomic E-state index is 0.0258. The summed E-state index contributed by atoms with van der Waals surface area (Å²) >= 11 is 9.95. The van der Waals surface area contributed by atoms with E-state index in [4.69, 9.17) is 16.3 Å². The fourth-order valence-corrected chi connectivity index (χ4v) is 2.89. The monoisotopic (exact) mass is 286 g/mol. The topological polar surface area (TPSA) is 12.5 Å². The molecule has 3 rings (SSSR count). The molecule has 1 aliphatic heterocycles. The van der Waals surface area contributed by atoms with Crippen molar-refractivity contribution in [1.82, 2.24) is 0 Å². The van der Waals surface area contributed by atoms with Crippen molar-refractivity contribution in [2.45, 2.75) is 29.2 Å². The summed E-state index contributed by atoms with van der Waals surface area (Å²) in [6.07, 6.45) is 3.37. The molecule has 1 nitrogen and oxygen atoms in total. The van der Waals surface area contributed by atoms with Crippen molar-refractivity contribution in [2.24, 2.45) is 0 Å². The van der Waals surface area contributed by atoms with Gasteiger partial charge in [-0.1, -0.05) is 45.7 Å². The van der Waals surface area contributed by atoms with Gasteiger partial charge < -0.3 is 4.74 Å². The molecule has 0 bridgehead atoms. The molecule has 1 saturated heterocycles. The summed E-state index contributed by atoms with van der Waals surface area (Å²) in [6.45, 7) is 0.865. The highest BCUT2D eigenvalue weighted by atomic mass is 79.9. The van der Waals surface area contributed by atoms with Gasteiger partial charge in [0.15, 0.2) is 0 Å². The fraction of sp³-hybridized carbons (Fsp3) is 0.500. The maximum Gasteiger partial charge on any atom is 0.111 e. The maximum atomic E-state index is 6.16. The molecule has 2 fully saturated rings. The van der Waals surface area contributed by atoms with Crippen LogP contribution in [0.2, 0.25) is 5.02 Å². The van der Waals surface area contributed by atoms with Crippen LogP contribution in [0.3, 0.4) is 0 Å². The molecule has 0 spiro atoms. The Hall–Kier alpha value is -0.0500. The number of rotatable bonds is 3. The SMILES string of the molecule is Clc1ccccc1CC1(C2(Br)CC2)CO1. The lowest BCUT2D eigenvalue weighted by Crippen LogP contribution is -2.29. The van der Waals surface area contributed by atoms with Gasteiger partial charge in [0.1, 0.15) is 5.60 Å². The standard InChI is InChI=1S/C12H12BrClO/c13-11(5-6-11)12(8-15-12)7-9-3-1-2-4-10(9)14/h1-4H,5-8H2. The molecule has 15 heavy (non-hydrogen) atoms. The Morgan fingerprint density at radius 1 is 1.33 bits per heavy atom. The van der Waals surface area contributed by atoms with E-state index < -0.39 is 0 Å². The molecule has 1 aromatic rings. The van der Waals surface area contributed by atoms with E-state index in [2.05, 4.69) is 22.0 Å². The average molecular weight is 288 g/mol. The molecule has 3 heteroatoms. The largest absolute Gasteiger partial charge is 0.368 e. The second-order valence-corrected chi connectivity index (χ2v) is 6.44. The third kappa shape index (κ3) is 1.63. The lowest BCUT2D eigenvalue weighted by Gasteiger charge is -2.18. The predicted octanol–water partition coefficient (Wildman–Crippen LogP) is 3.58. The summed E-state index contributed by atoms with van der Waals surface area (Å²) in [5.74, 6) is 0. The quantitative estimate of drug-likeness (QED) is 0.611. The molecule has 2 aliphatic rings. The Labute approximate surface area is 103 Å². The van der Waals surface area contributed by atoms with Gasteiger partial charge in [-0.05, 0) is 24.5 Å². The van der Waals surface area contributed by atoms with Crippen LogP contribution < -0.4 is 0 Å². The van der Waals surface area contributed by atoms with Crippen molar-refractivity contribution >= 4 is 27.5 Å². The second kappa shape index (κ2) is 3.22.